The highest BCUT2D eigenvalue weighted by Crippen LogP contribution is 2.44. The van der Waals surface area contributed by atoms with Crippen LogP contribution < -0.4 is 0 Å². The molecule has 0 aromatic carbocycles. The van der Waals surface area contributed by atoms with Crippen molar-refractivity contribution >= 4 is 33.5 Å². The molecule has 0 atom stereocenters. The number of hydrogen-bond acceptors (Lipinski definition) is 5. The van der Waals surface area contributed by atoms with E-state index in [1.807, 2.05) is 27.8 Å². The quantitative estimate of drug-likeness (QED) is 0.656. The third kappa shape index (κ3) is 2.29. The highest BCUT2D eigenvalue weighted by atomic mass is 32.1. The van der Waals surface area contributed by atoms with Crippen LogP contribution in [0.4, 0.5) is 0 Å². The Labute approximate surface area is 153 Å². The van der Waals surface area contributed by atoms with Crippen molar-refractivity contribution in [1.29, 1.82) is 0 Å². The van der Waals surface area contributed by atoms with Gasteiger partial charge in [-0.1, -0.05) is 0 Å². The van der Waals surface area contributed by atoms with Gasteiger partial charge in [-0.3, -0.25) is 9.20 Å². The fraction of sp³-hybridized carbons (Fsp3) is 0.444. The minimum absolute atomic E-state index is 0.0838. The standard InChI is InChI=1S/C18H19N3O2S2/c1-12-14(21-8-11-25-17(21)19-12)16(22)20-6-4-18(5-7-20)15-13(2-9-23-18)3-10-24-15/h3,8,10-11H,2,4-7,9H2,1H3. The van der Waals surface area contributed by atoms with Crippen LogP contribution in [-0.4, -0.2) is 39.9 Å². The number of aryl methyl sites for hydroxylation is 1. The summed E-state index contributed by atoms with van der Waals surface area (Å²) in [6.07, 6.45) is 4.68. The molecule has 1 amide bonds. The summed E-state index contributed by atoms with van der Waals surface area (Å²) < 4.78 is 8.17. The Hall–Kier alpha value is -1.70. The maximum absolute atomic E-state index is 13.1. The van der Waals surface area contributed by atoms with Crippen molar-refractivity contribution in [1.82, 2.24) is 14.3 Å². The highest BCUT2D eigenvalue weighted by molar-refractivity contribution is 7.15. The Morgan fingerprint density at radius 3 is 2.96 bits per heavy atom. The molecule has 0 saturated carbocycles. The first-order valence-corrected chi connectivity index (χ1v) is 10.4. The minimum Gasteiger partial charge on any atom is -0.369 e. The van der Waals surface area contributed by atoms with Gasteiger partial charge in [0.1, 0.15) is 11.3 Å². The van der Waals surface area contributed by atoms with E-state index < -0.39 is 0 Å². The molecule has 0 N–H and O–H groups in total. The molecule has 0 bridgehead atoms. The molecule has 3 aromatic rings. The SMILES string of the molecule is Cc1nc2sccn2c1C(=O)N1CCC2(CC1)OCCc1ccsc12. The predicted molar refractivity (Wildman–Crippen MR) is 98.6 cm³/mol. The third-order valence-electron chi connectivity index (χ3n) is 5.41. The molecule has 3 aromatic heterocycles. The minimum atomic E-state index is -0.178. The molecular formula is C18H19N3O2S2. The zero-order valence-corrected chi connectivity index (χ0v) is 15.7. The number of amides is 1. The van der Waals surface area contributed by atoms with E-state index in [9.17, 15) is 4.79 Å². The summed E-state index contributed by atoms with van der Waals surface area (Å²) in [4.78, 5) is 21.8. The molecule has 0 aliphatic carbocycles. The number of hydrogen-bond donors (Lipinski definition) is 0. The van der Waals surface area contributed by atoms with Crippen molar-refractivity contribution in [3.05, 3.63) is 44.9 Å². The third-order valence-corrected chi connectivity index (χ3v) is 7.31. The van der Waals surface area contributed by atoms with Crippen molar-refractivity contribution in [3.8, 4) is 0 Å². The lowest BCUT2D eigenvalue weighted by Crippen LogP contribution is -2.48. The topological polar surface area (TPSA) is 46.8 Å². The fourth-order valence-corrected chi connectivity index (χ4v) is 6.03. The summed E-state index contributed by atoms with van der Waals surface area (Å²) in [6.45, 7) is 4.16. The number of thiazole rings is 1. The zero-order chi connectivity index (χ0) is 17.0. The van der Waals surface area contributed by atoms with Gasteiger partial charge in [0.2, 0.25) is 0 Å². The molecule has 5 heterocycles. The van der Waals surface area contributed by atoms with Crippen molar-refractivity contribution in [2.45, 2.75) is 31.8 Å². The summed E-state index contributed by atoms with van der Waals surface area (Å²) in [5.74, 6) is 0.0838. The van der Waals surface area contributed by atoms with Gasteiger partial charge in [0.15, 0.2) is 4.96 Å². The monoisotopic (exact) mass is 373 g/mol. The number of imidazole rings is 1. The van der Waals surface area contributed by atoms with Crippen molar-refractivity contribution in [2.75, 3.05) is 19.7 Å². The number of thiophene rings is 1. The first-order chi connectivity index (χ1) is 12.2. The molecule has 2 aliphatic heterocycles. The largest absolute Gasteiger partial charge is 0.369 e. The van der Waals surface area contributed by atoms with Crippen LogP contribution in [0.5, 0.6) is 0 Å². The predicted octanol–water partition coefficient (Wildman–Crippen LogP) is 3.47. The molecule has 1 saturated heterocycles. The van der Waals surface area contributed by atoms with E-state index in [0.717, 1.165) is 49.6 Å². The second kappa shape index (κ2) is 5.65. The van der Waals surface area contributed by atoms with E-state index in [4.69, 9.17) is 4.74 Å². The van der Waals surface area contributed by atoms with Gasteiger partial charge in [0.05, 0.1) is 12.3 Å². The maximum Gasteiger partial charge on any atom is 0.272 e. The second-order valence-corrected chi connectivity index (χ2v) is 8.55. The van der Waals surface area contributed by atoms with E-state index in [0.29, 0.717) is 5.69 Å². The Morgan fingerprint density at radius 2 is 2.12 bits per heavy atom. The highest BCUT2D eigenvalue weighted by Gasteiger charge is 2.43. The van der Waals surface area contributed by atoms with Gasteiger partial charge in [-0.25, -0.2) is 4.98 Å². The zero-order valence-electron chi connectivity index (χ0n) is 14.0. The number of rotatable bonds is 1. The van der Waals surface area contributed by atoms with E-state index in [1.165, 1.54) is 10.4 Å². The molecule has 5 rings (SSSR count). The first-order valence-electron chi connectivity index (χ1n) is 8.60. The fourth-order valence-electron chi connectivity index (χ4n) is 4.10. The lowest BCUT2D eigenvalue weighted by molar-refractivity contribution is -0.0906. The summed E-state index contributed by atoms with van der Waals surface area (Å²) in [5, 5.41) is 4.14. The van der Waals surface area contributed by atoms with E-state index in [1.54, 1.807) is 22.7 Å². The van der Waals surface area contributed by atoms with Crippen LogP contribution in [-0.2, 0) is 16.8 Å². The number of piperidine rings is 1. The smallest absolute Gasteiger partial charge is 0.272 e. The van der Waals surface area contributed by atoms with Gasteiger partial charge in [-0.2, -0.15) is 0 Å². The second-order valence-electron chi connectivity index (χ2n) is 6.76. The molecule has 130 valence electrons. The molecule has 25 heavy (non-hydrogen) atoms. The summed E-state index contributed by atoms with van der Waals surface area (Å²) in [6, 6.07) is 2.23. The number of nitrogens with zero attached hydrogens (tertiary/aromatic N) is 3. The van der Waals surface area contributed by atoms with Gasteiger partial charge in [-0.05, 0) is 43.2 Å². The van der Waals surface area contributed by atoms with Gasteiger partial charge in [-0.15, -0.1) is 22.7 Å². The molecule has 2 aliphatic rings. The molecule has 0 radical (unpaired) electrons. The Morgan fingerprint density at radius 1 is 1.28 bits per heavy atom. The Kier molecular flexibility index (Phi) is 3.52. The summed E-state index contributed by atoms with van der Waals surface area (Å²) in [7, 11) is 0. The molecular weight excluding hydrogens is 354 g/mol. The lowest BCUT2D eigenvalue weighted by atomic mass is 9.85. The summed E-state index contributed by atoms with van der Waals surface area (Å²) >= 11 is 3.36. The summed E-state index contributed by atoms with van der Waals surface area (Å²) in [5.41, 5.74) is 2.77. The van der Waals surface area contributed by atoms with Crippen LogP contribution in [0.3, 0.4) is 0 Å². The van der Waals surface area contributed by atoms with Gasteiger partial charge < -0.3 is 9.64 Å². The maximum atomic E-state index is 13.1. The Bertz CT molecular complexity index is 947. The number of fused-ring (bicyclic) bond motifs is 3. The van der Waals surface area contributed by atoms with Crippen molar-refractivity contribution in [2.24, 2.45) is 0 Å². The van der Waals surface area contributed by atoms with Crippen LogP contribution in [0.15, 0.2) is 23.0 Å². The van der Waals surface area contributed by atoms with Gasteiger partial charge in [0, 0.05) is 29.5 Å². The van der Waals surface area contributed by atoms with Gasteiger partial charge in [0.25, 0.3) is 5.91 Å². The number of ether oxygens (including phenoxy) is 1. The number of aromatic nitrogens is 2. The molecule has 0 unspecified atom stereocenters. The van der Waals surface area contributed by atoms with Crippen molar-refractivity contribution < 1.29 is 9.53 Å². The van der Waals surface area contributed by atoms with Crippen molar-refractivity contribution in [3.63, 3.8) is 0 Å². The number of carbonyl (C=O) groups excluding carboxylic acids is 1. The first kappa shape index (κ1) is 15.5. The lowest BCUT2D eigenvalue weighted by Gasteiger charge is -2.43. The molecule has 1 spiro atoms. The number of carbonyl (C=O) groups is 1. The number of likely N-dealkylation sites (tertiary alicyclic amines) is 1. The van der Waals surface area contributed by atoms with E-state index in [-0.39, 0.29) is 11.5 Å². The van der Waals surface area contributed by atoms with E-state index >= 15 is 0 Å². The van der Waals surface area contributed by atoms with Crippen LogP contribution in [0.25, 0.3) is 4.96 Å². The van der Waals surface area contributed by atoms with Crippen LogP contribution >= 0.6 is 22.7 Å². The molecule has 5 nitrogen and oxygen atoms in total. The van der Waals surface area contributed by atoms with Crippen LogP contribution in [0.1, 0.15) is 39.5 Å². The van der Waals surface area contributed by atoms with Gasteiger partial charge >= 0.3 is 0 Å². The molecule has 1 fully saturated rings. The van der Waals surface area contributed by atoms with E-state index in [2.05, 4.69) is 16.4 Å². The Balaban J connectivity index is 1.40. The normalized spacial score (nSPS) is 19.5. The van der Waals surface area contributed by atoms with Crippen LogP contribution in [0, 0.1) is 6.92 Å². The van der Waals surface area contributed by atoms with Crippen LogP contribution in [0.2, 0.25) is 0 Å². The average Bonchev–Trinajstić information content (AvgIpc) is 3.31. The average molecular weight is 374 g/mol. The molecule has 7 heteroatoms.